The lowest BCUT2D eigenvalue weighted by atomic mass is 10.1. The van der Waals surface area contributed by atoms with Crippen LogP contribution in [-0.4, -0.2) is 16.2 Å². The van der Waals surface area contributed by atoms with E-state index in [0.717, 1.165) is 25.3 Å². The molecule has 0 aliphatic carbocycles. The molecule has 2 aromatic rings. The normalized spacial score (nSPS) is 10.7. The summed E-state index contributed by atoms with van der Waals surface area (Å²) in [4.78, 5) is 4.04. The van der Waals surface area contributed by atoms with Gasteiger partial charge in [-0.15, -0.1) is 0 Å². The number of ether oxygens (including phenoxy) is 1. The topological polar surface area (TPSA) is 27.1 Å². The first kappa shape index (κ1) is 14.6. The number of nitrogens with zero attached hydrogens (tertiary/aromatic N) is 2. The van der Waals surface area contributed by atoms with Crippen LogP contribution >= 0.6 is 0 Å². The first-order chi connectivity index (χ1) is 9.75. The molecule has 3 heteroatoms. The number of aromatic nitrogens is 2. The Morgan fingerprint density at radius 1 is 1.10 bits per heavy atom. The summed E-state index contributed by atoms with van der Waals surface area (Å²) in [6.07, 6.45) is 10.5. The summed E-state index contributed by atoms with van der Waals surface area (Å²) >= 11 is 0. The zero-order chi connectivity index (χ0) is 14.2. The Bertz CT molecular complexity index is 506. The maximum atomic E-state index is 5.85. The SMILES string of the molecule is Cc1ccc(C)c(OCCCCCCn2ccnc2)c1. The van der Waals surface area contributed by atoms with Crippen LogP contribution in [0.1, 0.15) is 36.8 Å². The molecular weight excluding hydrogens is 248 g/mol. The van der Waals surface area contributed by atoms with Gasteiger partial charge >= 0.3 is 0 Å². The molecule has 0 saturated carbocycles. The van der Waals surface area contributed by atoms with Crippen molar-refractivity contribution in [2.75, 3.05) is 6.61 Å². The van der Waals surface area contributed by atoms with E-state index in [-0.39, 0.29) is 0 Å². The van der Waals surface area contributed by atoms with Crippen molar-refractivity contribution in [3.63, 3.8) is 0 Å². The first-order valence-corrected chi connectivity index (χ1v) is 7.41. The predicted molar refractivity (Wildman–Crippen MR) is 82.1 cm³/mol. The number of rotatable bonds is 8. The Morgan fingerprint density at radius 3 is 2.75 bits per heavy atom. The van der Waals surface area contributed by atoms with E-state index in [9.17, 15) is 0 Å². The van der Waals surface area contributed by atoms with Gasteiger partial charge in [-0.05, 0) is 43.9 Å². The summed E-state index contributed by atoms with van der Waals surface area (Å²) in [6, 6.07) is 6.36. The lowest BCUT2D eigenvalue weighted by Gasteiger charge is -2.10. The minimum absolute atomic E-state index is 0.815. The second-order valence-corrected chi connectivity index (χ2v) is 5.33. The lowest BCUT2D eigenvalue weighted by molar-refractivity contribution is 0.302. The number of hydrogen-bond donors (Lipinski definition) is 0. The van der Waals surface area contributed by atoms with Crippen LogP contribution in [0, 0.1) is 13.8 Å². The minimum Gasteiger partial charge on any atom is -0.493 e. The molecule has 2 rings (SSSR count). The molecule has 0 N–H and O–H groups in total. The van der Waals surface area contributed by atoms with Crippen molar-refractivity contribution >= 4 is 0 Å². The van der Waals surface area contributed by atoms with Gasteiger partial charge in [0, 0.05) is 18.9 Å². The second-order valence-electron chi connectivity index (χ2n) is 5.33. The van der Waals surface area contributed by atoms with Crippen LogP contribution in [0.2, 0.25) is 0 Å². The zero-order valence-corrected chi connectivity index (χ0v) is 12.5. The molecule has 0 radical (unpaired) electrons. The van der Waals surface area contributed by atoms with Crippen molar-refractivity contribution in [2.45, 2.75) is 46.1 Å². The van der Waals surface area contributed by atoms with Gasteiger partial charge in [-0.1, -0.05) is 25.0 Å². The average molecular weight is 272 g/mol. The van der Waals surface area contributed by atoms with Gasteiger partial charge in [-0.3, -0.25) is 0 Å². The Labute approximate surface area is 121 Å². The van der Waals surface area contributed by atoms with Gasteiger partial charge < -0.3 is 9.30 Å². The quantitative estimate of drug-likeness (QED) is 0.675. The van der Waals surface area contributed by atoms with Crippen LogP contribution in [0.15, 0.2) is 36.9 Å². The monoisotopic (exact) mass is 272 g/mol. The molecular formula is C17H24N2O. The number of imidazole rings is 1. The van der Waals surface area contributed by atoms with E-state index in [1.807, 2.05) is 18.7 Å². The summed E-state index contributed by atoms with van der Waals surface area (Å²) < 4.78 is 7.99. The Hall–Kier alpha value is -1.77. The molecule has 0 unspecified atom stereocenters. The van der Waals surface area contributed by atoms with Crippen molar-refractivity contribution in [1.82, 2.24) is 9.55 Å². The van der Waals surface area contributed by atoms with E-state index in [2.05, 4.69) is 41.6 Å². The van der Waals surface area contributed by atoms with Crippen molar-refractivity contribution in [3.05, 3.63) is 48.0 Å². The van der Waals surface area contributed by atoms with Crippen molar-refractivity contribution in [1.29, 1.82) is 0 Å². The molecule has 0 aliphatic rings. The largest absolute Gasteiger partial charge is 0.493 e. The average Bonchev–Trinajstić information content (AvgIpc) is 2.94. The summed E-state index contributed by atoms with van der Waals surface area (Å²) in [5, 5.41) is 0. The van der Waals surface area contributed by atoms with Gasteiger partial charge in [0.15, 0.2) is 0 Å². The van der Waals surface area contributed by atoms with Gasteiger partial charge in [0.05, 0.1) is 12.9 Å². The highest BCUT2D eigenvalue weighted by Crippen LogP contribution is 2.19. The van der Waals surface area contributed by atoms with Crippen molar-refractivity contribution < 1.29 is 4.74 Å². The van der Waals surface area contributed by atoms with E-state index >= 15 is 0 Å². The van der Waals surface area contributed by atoms with Crippen LogP contribution in [0.3, 0.4) is 0 Å². The van der Waals surface area contributed by atoms with E-state index in [1.54, 1.807) is 0 Å². The molecule has 20 heavy (non-hydrogen) atoms. The number of unbranched alkanes of at least 4 members (excludes halogenated alkanes) is 3. The van der Waals surface area contributed by atoms with E-state index in [4.69, 9.17) is 4.74 Å². The molecule has 0 aliphatic heterocycles. The molecule has 0 bridgehead atoms. The van der Waals surface area contributed by atoms with Gasteiger partial charge in [-0.2, -0.15) is 0 Å². The van der Waals surface area contributed by atoms with E-state index < -0.39 is 0 Å². The molecule has 0 atom stereocenters. The van der Waals surface area contributed by atoms with E-state index in [0.29, 0.717) is 0 Å². The Balaban J connectivity index is 1.56. The Kier molecular flexibility index (Phi) is 5.66. The highest BCUT2D eigenvalue weighted by atomic mass is 16.5. The maximum Gasteiger partial charge on any atom is 0.122 e. The number of hydrogen-bond acceptors (Lipinski definition) is 2. The lowest BCUT2D eigenvalue weighted by Crippen LogP contribution is -2.00. The molecule has 3 nitrogen and oxygen atoms in total. The molecule has 1 aromatic heterocycles. The molecule has 1 aromatic carbocycles. The third-order valence-electron chi connectivity index (χ3n) is 3.47. The Morgan fingerprint density at radius 2 is 1.95 bits per heavy atom. The highest BCUT2D eigenvalue weighted by Gasteiger charge is 1.99. The summed E-state index contributed by atoms with van der Waals surface area (Å²) in [7, 11) is 0. The second kappa shape index (κ2) is 7.73. The summed E-state index contributed by atoms with van der Waals surface area (Å²) in [6.45, 7) is 6.08. The van der Waals surface area contributed by atoms with Gasteiger partial charge in [0.25, 0.3) is 0 Å². The standard InChI is InChI=1S/C17H24N2O/c1-15-7-8-16(2)17(13-15)20-12-6-4-3-5-10-19-11-9-18-14-19/h7-9,11,13-14H,3-6,10,12H2,1-2H3. The third-order valence-corrected chi connectivity index (χ3v) is 3.47. The third kappa shape index (κ3) is 4.72. The summed E-state index contributed by atoms with van der Waals surface area (Å²) in [5.74, 6) is 1.03. The van der Waals surface area contributed by atoms with Crippen molar-refractivity contribution in [2.24, 2.45) is 0 Å². The fourth-order valence-electron chi connectivity index (χ4n) is 2.21. The molecule has 0 amide bonds. The van der Waals surface area contributed by atoms with Crippen LogP contribution in [0.5, 0.6) is 5.75 Å². The van der Waals surface area contributed by atoms with Gasteiger partial charge in [0.1, 0.15) is 5.75 Å². The van der Waals surface area contributed by atoms with Crippen LogP contribution in [-0.2, 0) is 6.54 Å². The smallest absolute Gasteiger partial charge is 0.122 e. The molecule has 0 spiro atoms. The van der Waals surface area contributed by atoms with Gasteiger partial charge in [0.2, 0.25) is 0 Å². The number of benzene rings is 1. The predicted octanol–water partition coefficient (Wildman–Crippen LogP) is 4.14. The van der Waals surface area contributed by atoms with E-state index in [1.165, 1.54) is 30.4 Å². The first-order valence-electron chi connectivity index (χ1n) is 7.41. The maximum absolute atomic E-state index is 5.85. The summed E-state index contributed by atoms with van der Waals surface area (Å²) in [5.41, 5.74) is 2.47. The van der Waals surface area contributed by atoms with Gasteiger partial charge in [-0.25, -0.2) is 4.98 Å². The molecule has 0 fully saturated rings. The number of aryl methyl sites for hydroxylation is 3. The fraction of sp³-hybridized carbons (Fsp3) is 0.471. The van der Waals surface area contributed by atoms with Crippen LogP contribution in [0.25, 0.3) is 0 Å². The van der Waals surface area contributed by atoms with Crippen molar-refractivity contribution in [3.8, 4) is 5.75 Å². The zero-order valence-electron chi connectivity index (χ0n) is 12.5. The molecule has 1 heterocycles. The van der Waals surface area contributed by atoms with Crippen LogP contribution < -0.4 is 4.74 Å². The molecule has 108 valence electrons. The highest BCUT2D eigenvalue weighted by molar-refractivity contribution is 5.35. The molecule has 0 saturated heterocycles. The minimum atomic E-state index is 0.815. The fourth-order valence-corrected chi connectivity index (χ4v) is 2.21. The van der Waals surface area contributed by atoms with Crippen LogP contribution in [0.4, 0.5) is 0 Å².